The van der Waals surface area contributed by atoms with Gasteiger partial charge in [-0.25, -0.2) is 0 Å². The van der Waals surface area contributed by atoms with Crippen LogP contribution >= 0.6 is 0 Å². The SMILES string of the molecule is CC(C)CNCC1Cc2ccccc21. The normalized spacial score (nSPS) is 19.2. The third-order valence-electron chi connectivity index (χ3n) is 2.90. The van der Waals surface area contributed by atoms with Crippen LogP contribution in [0.25, 0.3) is 0 Å². The van der Waals surface area contributed by atoms with E-state index in [1.165, 1.54) is 6.42 Å². The van der Waals surface area contributed by atoms with Gasteiger partial charge in [0.2, 0.25) is 0 Å². The molecule has 0 radical (unpaired) electrons. The molecule has 2 rings (SSSR count). The number of benzene rings is 1. The van der Waals surface area contributed by atoms with Gasteiger partial charge in [0.05, 0.1) is 0 Å². The van der Waals surface area contributed by atoms with Crippen LogP contribution in [0.2, 0.25) is 0 Å². The van der Waals surface area contributed by atoms with E-state index in [0.717, 1.165) is 24.9 Å². The van der Waals surface area contributed by atoms with Crippen LogP contribution in [-0.4, -0.2) is 13.1 Å². The van der Waals surface area contributed by atoms with Crippen molar-refractivity contribution in [3.8, 4) is 0 Å². The first kappa shape index (κ1) is 9.72. The Morgan fingerprint density at radius 2 is 2.14 bits per heavy atom. The van der Waals surface area contributed by atoms with Gasteiger partial charge in [-0.3, -0.25) is 0 Å². The van der Waals surface area contributed by atoms with E-state index in [4.69, 9.17) is 0 Å². The van der Waals surface area contributed by atoms with Crippen molar-refractivity contribution in [3.05, 3.63) is 35.4 Å². The van der Waals surface area contributed by atoms with Crippen LogP contribution in [0.15, 0.2) is 24.3 Å². The smallest absolute Gasteiger partial charge is 0.00235 e. The highest BCUT2D eigenvalue weighted by Gasteiger charge is 2.24. The highest BCUT2D eigenvalue weighted by molar-refractivity contribution is 5.40. The predicted octanol–water partition coefficient (Wildman–Crippen LogP) is 2.57. The van der Waals surface area contributed by atoms with Gasteiger partial charge in [-0.05, 0) is 30.0 Å². The fourth-order valence-electron chi connectivity index (χ4n) is 2.09. The first-order valence-corrected chi connectivity index (χ1v) is 5.56. The highest BCUT2D eigenvalue weighted by Crippen LogP contribution is 2.33. The highest BCUT2D eigenvalue weighted by atomic mass is 14.9. The van der Waals surface area contributed by atoms with E-state index in [2.05, 4.69) is 43.4 Å². The lowest BCUT2D eigenvalue weighted by molar-refractivity contribution is 0.491. The Labute approximate surface area is 86.5 Å². The first-order valence-electron chi connectivity index (χ1n) is 5.56. The maximum Gasteiger partial charge on any atom is 0.00235 e. The maximum atomic E-state index is 3.53. The Morgan fingerprint density at radius 1 is 1.36 bits per heavy atom. The molecule has 0 saturated carbocycles. The molecule has 0 heterocycles. The minimum atomic E-state index is 0.755. The Kier molecular flexibility index (Phi) is 2.87. The molecule has 0 amide bonds. The molecule has 0 saturated heterocycles. The molecule has 1 aromatic rings. The second kappa shape index (κ2) is 4.14. The third-order valence-corrected chi connectivity index (χ3v) is 2.90. The summed E-state index contributed by atoms with van der Waals surface area (Å²) in [4.78, 5) is 0. The summed E-state index contributed by atoms with van der Waals surface area (Å²) in [6.45, 7) is 6.79. The summed E-state index contributed by atoms with van der Waals surface area (Å²) in [5, 5.41) is 3.53. The standard InChI is InChI=1S/C13H19N/c1-10(2)8-14-9-12-7-11-5-3-4-6-13(11)12/h3-6,10,12,14H,7-9H2,1-2H3. The molecule has 14 heavy (non-hydrogen) atoms. The summed E-state index contributed by atoms with van der Waals surface area (Å²) >= 11 is 0. The fourth-order valence-corrected chi connectivity index (χ4v) is 2.09. The summed E-state index contributed by atoms with van der Waals surface area (Å²) < 4.78 is 0. The Morgan fingerprint density at radius 3 is 2.86 bits per heavy atom. The van der Waals surface area contributed by atoms with Crippen LogP contribution in [0.3, 0.4) is 0 Å². The van der Waals surface area contributed by atoms with Crippen LogP contribution in [0.4, 0.5) is 0 Å². The van der Waals surface area contributed by atoms with Gasteiger partial charge in [0.15, 0.2) is 0 Å². The average molecular weight is 189 g/mol. The van der Waals surface area contributed by atoms with Crippen molar-refractivity contribution in [1.29, 1.82) is 0 Å². The largest absolute Gasteiger partial charge is 0.316 e. The lowest BCUT2D eigenvalue weighted by Crippen LogP contribution is -2.31. The van der Waals surface area contributed by atoms with E-state index < -0.39 is 0 Å². The molecule has 1 unspecified atom stereocenters. The zero-order valence-electron chi connectivity index (χ0n) is 9.09. The van der Waals surface area contributed by atoms with Gasteiger partial charge >= 0.3 is 0 Å². The zero-order valence-corrected chi connectivity index (χ0v) is 9.09. The molecule has 1 N–H and O–H groups in total. The molecule has 0 spiro atoms. The predicted molar refractivity (Wildman–Crippen MR) is 60.6 cm³/mol. The molecule has 1 heteroatoms. The van der Waals surface area contributed by atoms with Crippen LogP contribution in [0, 0.1) is 5.92 Å². The van der Waals surface area contributed by atoms with E-state index in [-0.39, 0.29) is 0 Å². The van der Waals surface area contributed by atoms with Crippen molar-refractivity contribution in [2.45, 2.75) is 26.2 Å². The van der Waals surface area contributed by atoms with Crippen LogP contribution in [0.1, 0.15) is 30.9 Å². The summed E-state index contributed by atoms with van der Waals surface area (Å²) in [6.07, 6.45) is 1.27. The van der Waals surface area contributed by atoms with E-state index in [9.17, 15) is 0 Å². The van der Waals surface area contributed by atoms with Gasteiger partial charge in [-0.1, -0.05) is 38.1 Å². The van der Waals surface area contributed by atoms with Gasteiger partial charge in [0.25, 0.3) is 0 Å². The lowest BCUT2D eigenvalue weighted by Gasteiger charge is -2.30. The van der Waals surface area contributed by atoms with Crippen LogP contribution in [0.5, 0.6) is 0 Å². The van der Waals surface area contributed by atoms with E-state index in [1.807, 2.05) is 0 Å². The number of hydrogen-bond donors (Lipinski definition) is 1. The molecule has 1 aromatic carbocycles. The minimum absolute atomic E-state index is 0.755. The first-order chi connectivity index (χ1) is 6.77. The van der Waals surface area contributed by atoms with Crippen molar-refractivity contribution in [3.63, 3.8) is 0 Å². The molecule has 1 atom stereocenters. The van der Waals surface area contributed by atoms with Gasteiger partial charge in [0.1, 0.15) is 0 Å². The van der Waals surface area contributed by atoms with E-state index in [0.29, 0.717) is 0 Å². The lowest BCUT2D eigenvalue weighted by atomic mass is 9.77. The second-order valence-corrected chi connectivity index (χ2v) is 4.65. The van der Waals surface area contributed by atoms with Gasteiger partial charge in [0, 0.05) is 12.5 Å². The quantitative estimate of drug-likeness (QED) is 0.767. The van der Waals surface area contributed by atoms with Gasteiger partial charge in [-0.15, -0.1) is 0 Å². The van der Waals surface area contributed by atoms with E-state index in [1.54, 1.807) is 11.1 Å². The number of fused-ring (bicyclic) bond motifs is 1. The molecular formula is C13H19N. The molecule has 1 nitrogen and oxygen atoms in total. The monoisotopic (exact) mass is 189 g/mol. The average Bonchev–Trinajstić information content (AvgIpc) is 2.12. The second-order valence-electron chi connectivity index (χ2n) is 4.65. The molecule has 0 fully saturated rings. The van der Waals surface area contributed by atoms with Crippen molar-refractivity contribution >= 4 is 0 Å². The number of nitrogens with one attached hydrogen (secondary N) is 1. The molecule has 0 bridgehead atoms. The maximum absolute atomic E-state index is 3.53. The van der Waals surface area contributed by atoms with Crippen molar-refractivity contribution in [1.82, 2.24) is 5.32 Å². The Bertz CT molecular complexity index is 304. The summed E-state index contributed by atoms with van der Waals surface area (Å²) in [5.41, 5.74) is 3.10. The molecule has 1 aliphatic rings. The molecule has 0 aromatic heterocycles. The fraction of sp³-hybridized carbons (Fsp3) is 0.538. The molecule has 1 aliphatic carbocycles. The third kappa shape index (κ3) is 1.98. The Balaban J connectivity index is 1.81. The molecule has 0 aliphatic heterocycles. The summed E-state index contributed by atoms with van der Waals surface area (Å²) in [6, 6.07) is 8.79. The number of rotatable bonds is 4. The van der Waals surface area contributed by atoms with Gasteiger partial charge < -0.3 is 5.32 Å². The van der Waals surface area contributed by atoms with Crippen molar-refractivity contribution < 1.29 is 0 Å². The summed E-state index contributed by atoms with van der Waals surface area (Å²) in [7, 11) is 0. The molecule has 76 valence electrons. The Hall–Kier alpha value is -0.820. The summed E-state index contributed by atoms with van der Waals surface area (Å²) in [5.74, 6) is 1.52. The van der Waals surface area contributed by atoms with E-state index >= 15 is 0 Å². The van der Waals surface area contributed by atoms with Crippen LogP contribution < -0.4 is 5.32 Å². The number of hydrogen-bond acceptors (Lipinski definition) is 1. The van der Waals surface area contributed by atoms with Crippen molar-refractivity contribution in [2.75, 3.05) is 13.1 Å². The topological polar surface area (TPSA) is 12.0 Å². The molecular weight excluding hydrogens is 170 g/mol. The van der Waals surface area contributed by atoms with Crippen LogP contribution in [-0.2, 0) is 6.42 Å². The van der Waals surface area contributed by atoms with Gasteiger partial charge in [-0.2, -0.15) is 0 Å². The minimum Gasteiger partial charge on any atom is -0.316 e. The zero-order chi connectivity index (χ0) is 9.97. The van der Waals surface area contributed by atoms with Crippen molar-refractivity contribution in [2.24, 2.45) is 5.92 Å².